The lowest BCUT2D eigenvalue weighted by atomic mass is 10.5. The molecule has 0 aliphatic carbocycles. The molecule has 46 valence electrons. The van der Waals surface area contributed by atoms with Gasteiger partial charge in [0.25, 0.3) is 0 Å². The van der Waals surface area contributed by atoms with E-state index < -0.39 is 0 Å². The molecule has 0 amide bonds. The van der Waals surface area contributed by atoms with Gasteiger partial charge in [-0.25, -0.2) is 4.68 Å². The van der Waals surface area contributed by atoms with Crippen molar-refractivity contribution in [2.45, 2.75) is 0 Å². The minimum atomic E-state index is 0.166. The molecule has 0 atom stereocenters. The number of hydrogen-bond donors (Lipinski definition) is 0. The molecule has 0 aromatic carbocycles. The summed E-state index contributed by atoms with van der Waals surface area (Å²) in [5.74, 6) is 0. The second-order valence-electron chi connectivity index (χ2n) is 1.46. The van der Waals surface area contributed by atoms with Crippen molar-refractivity contribution in [1.82, 2.24) is 15.0 Å². The lowest BCUT2D eigenvalue weighted by Crippen LogP contribution is -1.88. The Labute approximate surface area is 56.7 Å². The fraction of sp³-hybridized carbons (Fsp3) is 0.250. The quantitative estimate of drug-likeness (QED) is 0.525. The number of hydrogen-bond acceptors (Lipinski definition) is 3. The van der Waals surface area contributed by atoms with Crippen molar-refractivity contribution < 1.29 is 0 Å². The van der Waals surface area contributed by atoms with Gasteiger partial charge in [-0.1, -0.05) is 16.8 Å². The van der Waals surface area contributed by atoms with E-state index in [2.05, 4.69) is 10.3 Å². The number of nitriles is 1. The zero-order chi connectivity index (χ0) is 6.85. The van der Waals surface area contributed by atoms with Gasteiger partial charge in [-0.05, 0) is 0 Å². The second kappa shape index (κ2) is 2.03. The third kappa shape index (κ3) is 0.864. The summed E-state index contributed by atoms with van der Waals surface area (Å²) in [5.41, 5.74) is 0.166. The minimum absolute atomic E-state index is 0.166. The van der Waals surface area contributed by atoms with E-state index in [4.69, 9.17) is 16.9 Å². The first kappa shape index (κ1) is 6.05. The van der Waals surface area contributed by atoms with Crippen LogP contribution >= 0.6 is 11.6 Å². The maximum absolute atomic E-state index is 8.28. The molecule has 1 aromatic rings. The van der Waals surface area contributed by atoms with E-state index in [1.165, 1.54) is 4.68 Å². The topological polar surface area (TPSA) is 54.5 Å². The monoisotopic (exact) mass is 142 g/mol. The zero-order valence-electron chi connectivity index (χ0n) is 4.67. The molecule has 0 N–H and O–H groups in total. The second-order valence-corrected chi connectivity index (χ2v) is 1.82. The van der Waals surface area contributed by atoms with E-state index >= 15 is 0 Å². The van der Waals surface area contributed by atoms with Gasteiger partial charge in [0, 0.05) is 7.05 Å². The molecular weight excluding hydrogens is 140 g/mol. The average Bonchev–Trinajstić information content (AvgIpc) is 2.15. The van der Waals surface area contributed by atoms with Gasteiger partial charge >= 0.3 is 0 Å². The highest BCUT2D eigenvalue weighted by molar-refractivity contribution is 6.30. The number of nitrogens with zero attached hydrogens (tertiary/aromatic N) is 4. The summed E-state index contributed by atoms with van der Waals surface area (Å²) in [6.07, 6.45) is 0. The summed E-state index contributed by atoms with van der Waals surface area (Å²) >= 11 is 5.52. The van der Waals surface area contributed by atoms with Gasteiger partial charge in [0.05, 0.1) is 0 Å². The van der Waals surface area contributed by atoms with Crippen molar-refractivity contribution >= 4 is 11.6 Å². The van der Waals surface area contributed by atoms with E-state index in [1.54, 1.807) is 13.1 Å². The summed E-state index contributed by atoms with van der Waals surface area (Å²) in [6.45, 7) is 0. The normalized spacial score (nSPS) is 9.00. The molecule has 0 unspecified atom stereocenters. The SMILES string of the molecule is Cn1nnc(C#N)c1Cl. The Morgan fingerprint density at radius 1 is 1.78 bits per heavy atom. The molecule has 4 nitrogen and oxygen atoms in total. The van der Waals surface area contributed by atoms with Crippen LogP contribution in [0, 0.1) is 11.3 Å². The lowest BCUT2D eigenvalue weighted by Gasteiger charge is -1.83. The molecule has 0 saturated carbocycles. The molecule has 1 heterocycles. The molecule has 1 rings (SSSR count). The van der Waals surface area contributed by atoms with Crippen LogP contribution in [0.3, 0.4) is 0 Å². The molecule has 0 radical (unpaired) electrons. The van der Waals surface area contributed by atoms with Gasteiger partial charge in [0.15, 0.2) is 5.15 Å². The van der Waals surface area contributed by atoms with E-state index in [-0.39, 0.29) is 10.8 Å². The van der Waals surface area contributed by atoms with Gasteiger partial charge in [-0.15, -0.1) is 5.10 Å². The van der Waals surface area contributed by atoms with E-state index in [9.17, 15) is 0 Å². The zero-order valence-corrected chi connectivity index (χ0v) is 5.42. The van der Waals surface area contributed by atoms with E-state index in [0.29, 0.717) is 0 Å². The van der Waals surface area contributed by atoms with E-state index in [0.717, 1.165) is 0 Å². The van der Waals surface area contributed by atoms with Crippen molar-refractivity contribution in [3.05, 3.63) is 10.8 Å². The average molecular weight is 143 g/mol. The Balaban J connectivity index is 3.24. The first-order valence-corrected chi connectivity index (χ1v) is 2.58. The predicted octanol–water partition coefficient (Wildman–Crippen LogP) is 0.340. The Bertz CT molecular complexity index is 258. The van der Waals surface area contributed by atoms with Crippen LogP contribution in [0.4, 0.5) is 0 Å². The van der Waals surface area contributed by atoms with Crippen LogP contribution in [0.5, 0.6) is 0 Å². The number of aromatic nitrogens is 3. The molecule has 1 aromatic heterocycles. The van der Waals surface area contributed by atoms with Crippen LogP contribution in [0.15, 0.2) is 0 Å². The number of halogens is 1. The van der Waals surface area contributed by atoms with Gasteiger partial charge in [-0.3, -0.25) is 0 Å². The smallest absolute Gasteiger partial charge is 0.201 e. The largest absolute Gasteiger partial charge is 0.235 e. The van der Waals surface area contributed by atoms with Crippen molar-refractivity contribution in [2.24, 2.45) is 7.05 Å². The predicted molar refractivity (Wildman–Crippen MR) is 30.7 cm³/mol. The fourth-order valence-electron chi connectivity index (χ4n) is 0.414. The first-order valence-electron chi connectivity index (χ1n) is 2.21. The lowest BCUT2D eigenvalue weighted by molar-refractivity contribution is 0.715. The summed E-state index contributed by atoms with van der Waals surface area (Å²) in [4.78, 5) is 0. The highest BCUT2D eigenvalue weighted by atomic mass is 35.5. The Kier molecular flexibility index (Phi) is 1.37. The summed E-state index contributed by atoms with van der Waals surface area (Å²) in [7, 11) is 1.62. The minimum Gasteiger partial charge on any atom is -0.235 e. The van der Waals surface area contributed by atoms with Gasteiger partial charge in [-0.2, -0.15) is 5.26 Å². The maximum atomic E-state index is 8.28. The van der Waals surface area contributed by atoms with E-state index in [1.807, 2.05) is 0 Å². The summed E-state index contributed by atoms with van der Waals surface area (Å²) < 4.78 is 1.33. The van der Waals surface area contributed by atoms with Crippen molar-refractivity contribution in [1.29, 1.82) is 5.26 Å². The highest BCUT2D eigenvalue weighted by Crippen LogP contribution is 2.08. The summed E-state index contributed by atoms with van der Waals surface area (Å²) in [5, 5.41) is 15.5. The molecule has 0 aliphatic heterocycles. The number of rotatable bonds is 0. The van der Waals surface area contributed by atoms with Crippen LogP contribution in [-0.4, -0.2) is 15.0 Å². The van der Waals surface area contributed by atoms with Crippen molar-refractivity contribution in [3.63, 3.8) is 0 Å². The molecule has 0 bridgehead atoms. The highest BCUT2D eigenvalue weighted by Gasteiger charge is 2.04. The first-order chi connectivity index (χ1) is 4.25. The fourth-order valence-corrected chi connectivity index (χ4v) is 0.528. The van der Waals surface area contributed by atoms with Crippen LogP contribution in [-0.2, 0) is 7.05 Å². The van der Waals surface area contributed by atoms with Gasteiger partial charge in [0.2, 0.25) is 5.69 Å². The van der Waals surface area contributed by atoms with Crippen LogP contribution < -0.4 is 0 Å². The third-order valence-electron chi connectivity index (χ3n) is 0.864. The van der Waals surface area contributed by atoms with Gasteiger partial charge < -0.3 is 0 Å². The van der Waals surface area contributed by atoms with Crippen LogP contribution in [0.1, 0.15) is 5.69 Å². The van der Waals surface area contributed by atoms with Gasteiger partial charge in [0.1, 0.15) is 6.07 Å². The Morgan fingerprint density at radius 3 is 2.67 bits per heavy atom. The standard InChI is InChI=1S/C4H3ClN4/c1-9-4(5)3(2-6)7-8-9/h1H3. The summed E-state index contributed by atoms with van der Waals surface area (Å²) in [6, 6.07) is 1.79. The number of aryl methyl sites for hydroxylation is 1. The van der Waals surface area contributed by atoms with Crippen LogP contribution in [0.25, 0.3) is 0 Å². The molecule has 9 heavy (non-hydrogen) atoms. The molecule has 0 aliphatic rings. The Morgan fingerprint density at radius 2 is 2.44 bits per heavy atom. The van der Waals surface area contributed by atoms with Crippen LogP contribution in [0.2, 0.25) is 5.15 Å². The third-order valence-corrected chi connectivity index (χ3v) is 1.29. The molecule has 5 heteroatoms. The molecule has 0 saturated heterocycles. The van der Waals surface area contributed by atoms with Crippen molar-refractivity contribution in [2.75, 3.05) is 0 Å². The van der Waals surface area contributed by atoms with Crippen molar-refractivity contribution in [3.8, 4) is 6.07 Å². The maximum Gasteiger partial charge on any atom is 0.201 e. The molecule has 0 spiro atoms. The molecule has 0 fully saturated rings. The molecular formula is C4H3ClN4. The Hall–Kier alpha value is -1.08.